The SMILES string of the molecule is C1=Cc2ccccc2C(c2cccc(-c3c4c(c(-c5ccc6ccccc6c5)c5cc(N6CCCc7ccccc76)ccc35)=CCC(N3CCCc5ccccc53)C=4)c2)C1. The lowest BCUT2D eigenvalue weighted by atomic mass is 9.80. The standard InChI is InChI=1S/C58H48N2/c1-2-17-43-35-46(28-27-39(43)13-1)58-52-32-30-47(59-33-11-21-41-15-4-7-25-55(41)59)37-53(52)57(45-20-9-19-44(36-45)50-24-10-18-40-14-3-6-23-49(40)50)51-31-29-48(38-54(51)58)60-34-12-22-42-16-5-8-26-56(42)60/h1-10,13-20,23,25-29,31-32,35-38,47,50H,11-12,21-22,24,30,33-34H2. The zero-order valence-electron chi connectivity index (χ0n) is 34.0. The molecule has 0 fully saturated rings. The van der Waals surface area contributed by atoms with E-state index in [1.54, 1.807) is 0 Å². The highest BCUT2D eigenvalue weighted by Crippen LogP contribution is 2.42. The second kappa shape index (κ2) is 14.6. The molecule has 0 saturated carbocycles. The van der Waals surface area contributed by atoms with E-state index in [9.17, 15) is 0 Å². The van der Waals surface area contributed by atoms with E-state index in [1.165, 1.54) is 106 Å². The van der Waals surface area contributed by atoms with Gasteiger partial charge in [-0.05, 0) is 151 Å². The van der Waals surface area contributed by atoms with Crippen molar-refractivity contribution in [2.75, 3.05) is 22.9 Å². The molecule has 12 rings (SSSR count). The Bertz CT molecular complexity index is 3150. The molecule has 8 aromatic carbocycles. The lowest BCUT2D eigenvalue weighted by Crippen LogP contribution is -2.43. The molecule has 2 unspecified atom stereocenters. The molecule has 0 radical (unpaired) electrons. The van der Waals surface area contributed by atoms with E-state index in [-0.39, 0.29) is 6.04 Å². The van der Waals surface area contributed by atoms with Crippen LogP contribution in [-0.2, 0) is 12.8 Å². The first-order chi connectivity index (χ1) is 29.7. The Morgan fingerprint density at radius 2 is 1.27 bits per heavy atom. The van der Waals surface area contributed by atoms with Gasteiger partial charge in [0.25, 0.3) is 0 Å². The van der Waals surface area contributed by atoms with Gasteiger partial charge in [0.15, 0.2) is 0 Å². The molecule has 0 aromatic heterocycles. The van der Waals surface area contributed by atoms with Gasteiger partial charge in [-0.25, -0.2) is 0 Å². The highest BCUT2D eigenvalue weighted by molar-refractivity contribution is 6.08. The summed E-state index contributed by atoms with van der Waals surface area (Å²) in [6.07, 6.45) is 16.5. The van der Waals surface area contributed by atoms with E-state index in [0.29, 0.717) is 5.92 Å². The molecule has 2 atom stereocenters. The van der Waals surface area contributed by atoms with Gasteiger partial charge in [0.1, 0.15) is 0 Å². The van der Waals surface area contributed by atoms with Crippen molar-refractivity contribution in [2.24, 2.45) is 0 Å². The fourth-order valence-corrected chi connectivity index (χ4v) is 11.1. The molecule has 2 aliphatic carbocycles. The van der Waals surface area contributed by atoms with Crippen molar-refractivity contribution in [3.63, 3.8) is 0 Å². The zero-order valence-corrected chi connectivity index (χ0v) is 34.0. The van der Waals surface area contributed by atoms with Crippen LogP contribution in [0.25, 0.3) is 62.0 Å². The molecule has 0 bridgehead atoms. The Labute approximate surface area is 353 Å². The van der Waals surface area contributed by atoms with Crippen LogP contribution in [-0.4, -0.2) is 19.1 Å². The fraction of sp³-hybridized carbons (Fsp3) is 0.172. The van der Waals surface area contributed by atoms with E-state index < -0.39 is 0 Å². The van der Waals surface area contributed by atoms with E-state index >= 15 is 0 Å². The Balaban J connectivity index is 1.14. The van der Waals surface area contributed by atoms with Gasteiger partial charge in [-0.1, -0.05) is 152 Å². The van der Waals surface area contributed by atoms with Crippen molar-refractivity contribution < 1.29 is 0 Å². The number of benzene rings is 8. The molecule has 2 heterocycles. The molecule has 0 saturated heterocycles. The lowest BCUT2D eigenvalue weighted by molar-refractivity contribution is 0.651. The summed E-state index contributed by atoms with van der Waals surface area (Å²) in [5.74, 6) is 0.323. The third-order valence-corrected chi connectivity index (χ3v) is 13.9. The van der Waals surface area contributed by atoms with Crippen LogP contribution in [0.4, 0.5) is 17.1 Å². The maximum absolute atomic E-state index is 2.70. The number of fused-ring (bicyclic) bond motifs is 6. The van der Waals surface area contributed by atoms with E-state index in [0.717, 1.165) is 45.2 Å². The molecule has 4 aliphatic rings. The monoisotopic (exact) mass is 772 g/mol. The summed E-state index contributed by atoms with van der Waals surface area (Å²) in [5, 5.41) is 7.92. The van der Waals surface area contributed by atoms with E-state index in [1.807, 2.05) is 0 Å². The largest absolute Gasteiger partial charge is 0.365 e. The summed E-state index contributed by atoms with van der Waals surface area (Å²) in [6, 6.07) is 60.2. The van der Waals surface area contributed by atoms with Gasteiger partial charge in [0.2, 0.25) is 0 Å². The number of hydrogen-bond acceptors (Lipinski definition) is 2. The predicted molar refractivity (Wildman–Crippen MR) is 255 cm³/mol. The van der Waals surface area contributed by atoms with Crippen LogP contribution in [0, 0.1) is 0 Å². The van der Waals surface area contributed by atoms with Crippen LogP contribution >= 0.6 is 0 Å². The average molecular weight is 773 g/mol. The molecular formula is C58H48N2. The third kappa shape index (κ3) is 5.92. The van der Waals surface area contributed by atoms with Crippen LogP contribution in [0.5, 0.6) is 0 Å². The van der Waals surface area contributed by atoms with Crippen LogP contribution in [0.3, 0.4) is 0 Å². The quantitative estimate of drug-likeness (QED) is 0.172. The first-order valence-corrected chi connectivity index (χ1v) is 22.1. The summed E-state index contributed by atoms with van der Waals surface area (Å²) < 4.78 is 0. The Morgan fingerprint density at radius 3 is 2.18 bits per heavy atom. The van der Waals surface area contributed by atoms with Gasteiger partial charge in [-0.15, -0.1) is 0 Å². The van der Waals surface area contributed by atoms with Gasteiger partial charge >= 0.3 is 0 Å². The van der Waals surface area contributed by atoms with E-state index in [2.05, 4.69) is 192 Å². The molecule has 290 valence electrons. The minimum absolute atomic E-state index is 0.266. The fourth-order valence-electron chi connectivity index (χ4n) is 11.1. The van der Waals surface area contributed by atoms with Gasteiger partial charge in [-0.2, -0.15) is 0 Å². The summed E-state index contributed by atoms with van der Waals surface area (Å²) >= 11 is 0. The summed E-state index contributed by atoms with van der Waals surface area (Å²) in [5.41, 5.74) is 16.3. The average Bonchev–Trinajstić information content (AvgIpc) is 3.32. The summed E-state index contributed by atoms with van der Waals surface area (Å²) in [4.78, 5) is 5.26. The van der Waals surface area contributed by atoms with Crippen LogP contribution in [0.1, 0.15) is 59.4 Å². The minimum Gasteiger partial charge on any atom is -0.365 e. The van der Waals surface area contributed by atoms with E-state index in [4.69, 9.17) is 0 Å². The van der Waals surface area contributed by atoms with Gasteiger partial charge in [0.05, 0.1) is 6.04 Å². The van der Waals surface area contributed by atoms with Crippen molar-refractivity contribution in [2.45, 2.75) is 50.5 Å². The van der Waals surface area contributed by atoms with Gasteiger partial charge in [0, 0.05) is 36.1 Å². The molecule has 0 N–H and O–H groups in total. The number of anilines is 3. The predicted octanol–water partition coefficient (Wildman–Crippen LogP) is 12.7. The number of aryl methyl sites for hydroxylation is 2. The van der Waals surface area contributed by atoms with Crippen molar-refractivity contribution in [3.05, 3.63) is 202 Å². The first kappa shape index (κ1) is 35.3. The molecule has 0 spiro atoms. The first-order valence-electron chi connectivity index (χ1n) is 22.1. The third-order valence-electron chi connectivity index (χ3n) is 13.9. The second-order valence-electron chi connectivity index (χ2n) is 17.3. The topological polar surface area (TPSA) is 6.48 Å². The zero-order chi connectivity index (χ0) is 39.6. The van der Waals surface area contributed by atoms with Gasteiger partial charge in [-0.3, -0.25) is 0 Å². The molecule has 2 nitrogen and oxygen atoms in total. The molecule has 60 heavy (non-hydrogen) atoms. The van der Waals surface area contributed by atoms with Crippen LogP contribution in [0.2, 0.25) is 0 Å². The molecule has 8 aromatic rings. The summed E-state index contributed by atoms with van der Waals surface area (Å²) in [7, 11) is 0. The Hall–Kier alpha value is -6.64. The number of para-hydroxylation sites is 2. The number of allylic oxidation sites excluding steroid dienone is 1. The normalized spacial score (nSPS) is 17.9. The highest BCUT2D eigenvalue weighted by Gasteiger charge is 2.27. The molecule has 2 heteroatoms. The number of hydrogen-bond donors (Lipinski definition) is 0. The van der Waals surface area contributed by atoms with Crippen molar-refractivity contribution in [1.29, 1.82) is 0 Å². The van der Waals surface area contributed by atoms with Crippen molar-refractivity contribution in [1.82, 2.24) is 0 Å². The maximum atomic E-state index is 2.70. The minimum atomic E-state index is 0.266. The number of nitrogens with zero attached hydrogens (tertiary/aromatic N) is 2. The Kier molecular flexibility index (Phi) is 8.58. The highest BCUT2D eigenvalue weighted by atomic mass is 15.2. The van der Waals surface area contributed by atoms with Gasteiger partial charge < -0.3 is 9.80 Å². The summed E-state index contributed by atoms with van der Waals surface area (Å²) in [6.45, 7) is 2.09. The Morgan fingerprint density at radius 1 is 0.517 bits per heavy atom. The second-order valence-corrected chi connectivity index (χ2v) is 17.3. The smallest absolute Gasteiger partial charge is 0.0517 e. The maximum Gasteiger partial charge on any atom is 0.0517 e. The van der Waals surface area contributed by atoms with Crippen molar-refractivity contribution in [3.8, 4) is 22.3 Å². The lowest BCUT2D eigenvalue weighted by Gasteiger charge is -2.37. The van der Waals surface area contributed by atoms with Crippen LogP contribution in [0.15, 0.2) is 164 Å². The molecular weight excluding hydrogens is 725 g/mol. The molecule has 2 aliphatic heterocycles. The van der Waals surface area contributed by atoms with Crippen molar-refractivity contribution >= 4 is 56.8 Å². The number of rotatable bonds is 5. The van der Waals surface area contributed by atoms with Crippen LogP contribution < -0.4 is 20.2 Å². The molecule has 0 amide bonds.